The molecule has 1 aromatic heterocycles. The molecule has 0 radical (unpaired) electrons. The molecule has 0 fully saturated rings. The first-order valence-corrected chi connectivity index (χ1v) is 8.49. The van der Waals surface area contributed by atoms with Gasteiger partial charge in [-0.1, -0.05) is 18.2 Å². The molecule has 0 aliphatic heterocycles. The fourth-order valence-electron chi connectivity index (χ4n) is 1.67. The van der Waals surface area contributed by atoms with Crippen molar-refractivity contribution >= 4 is 27.3 Å². The third-order valence-corrected chi connectivity index (χ3v) is 5.91. The molecule has 21 heavy (non-hydrogen) atoms. The monoisotopic (exact) mass is 325 g/mol. The van der Waals surface area contributed by atoms with Crippen LogP contribution in [0.4, 0.5) is 0 Å². The molecule has 7 heteroatoms. The molecule has 2 aromatic rings. The van der Waals surface area contributed by atoms with Gasteiger partial charge in [0.15, 0.2) is 0 Å². The van der Waals surface area contributed by atoms with E-state index in [0.29, 0.717) is 5.75 Å². The number of hydrogen-bond acceptors (Lipinski definition) is 5. The minimum atomic E-state index is -3.64. The summed E-state index contributed by atoms with van der Waals surface area (Å²) in [4.78, 5) is 11.8. The van der Waals surface area contributed by atoms with Crippen LogP contribution in [-0.4, -0.2) is 32.3 Å². The van der Waals surface area contributed by atoms with Gasteiger partial charge in [0.05, 0.1) is 0 Å². The average molecular weight is 325 g/mol. The molecule has 0 spiro atoms. The average Bonchev–Trinajstić information content (AvgIpc) is 2.92. The van der Waals surface area contributed by atoms with E-state index in [9.17, 15) is 13.2 Å². The second-order valence-corrected chi connectivity index (χ2v) is 7.70. The van der Waals surface area contributed by atoms with Crippen molar-refractivity contribution < 1.29 is 17.9 Å². The van der Waals surface area contributed by atoms with Gasteiger partial charge in [-0.25, -0.2) is 8.42 Å². The zero-order valence-corrected chi connectivity index (χ0v) is 13.3. The number of thiophene rings is 1. The number of esters is 1. The van der Waals surface area contributed by atoms with Crippen LogP contribution in [0.25, 0.3) is 0 Å². The zero-order valence-electron chi connectivity index (χ0n) is 11.6. The maximum absolute atomic E-state index is 12.2. The Hall–Kier alpha value is -1.70. The molecule has 0 unspecified atom stereocenters. The highest BCUT2D eigenvalue weighted by molar-refractivity contribution is 7.91. The highest BCUT2D eigenvalue weighted by atomic mass is 32.2. The van der Waals surface area contributed by atoms with Gasteiger partial charge in [0.2, 0.25) is 0 Å². The molecule has 0 aliphatic carbocycles. The zero-order chi connectivity index (χ0) is 15.5. The Morgan fingerprint density at radius 1 is 1.29 bits per heavy atom. The topological polar surface area (TPSA) is 63.7 Å². The van der Waals surface area contributed by atoms with E-state index in [0.717, 1.165) is 21.2 Å². The molecule has 1 aromatic carbocycles. The number of aryl methyl sites for hydroxylation is 1. The Bertz CT molecular complexity index is 723. The second-order valence-electron chi connectivity index (χ2n) is 4.48. The predicted molar refractivity (Wildman–Crippen MR) is 80.9 cm³/mol. The minimum absolute atomic E-state index is 0.202. The third kappa shape index (κ3) is 3.90. The molecule has 2 rings (SSSR count). The lowest BCUT2D eigenvalue weighted by Gasteiger charge is -2.15. The van der Waals surface area contributed by atoms with Gasteiger partial charge in [-0.2, -0.15) is 4.31 Å². The largest absolute Gasteiger partial charge is 0.426 e. The van der Waals surface area contributed by atoms with Gasteiger partial charge in [-0.3, -0.25) is 4.79 Å². The number of nitrogens with zero attached hydrogens (tertiary/aromatic N) is 1. The fraction of sp³-hybridized carbons (Fsp3) is 0.214. The summed E-state index contributed by atoms with van der Waals surface area (Å²) in [6, 6.07) is 10.2. The maximum atomic E-state index is 12.2. The van der Waals surface area contributed by atoms with Crippen LogP contribution < -0.4 is 4.74 Å². The third-order valence-electron chi connectivity index (χ3n) is 2.73. The number of carbonyl (C=O) groups is 1. The van der Waals surface area contributed by atoms with Crippen LogP contribution in [0.3, 0.4) is 0 Å². The number of sulfonamides is 1. The number of carbonyl (C=O) groups excluding carboxylic acids is 1. The van der Waals surface area contributed by atoms with Gasteiger partial charge >= 0.3 is 5.97 Å². The molecule has 0 saturated heterocycles. The van der Waals surface area contributed by atoms with Gasteiger partial charge in [-0.05, 0) is 36.1 Å². The Kier molecular flexibility index (Phi) is 4.76. The molecule has 0 bridgehead atoms. The van der Waals surface area contributed by atoms with Gasteiger partial charge < -0.3 is 4.74 Å². The number of hydrogen-bond donors (Lipinski definition) is 0. The molecule has 0 N–H and O–H groups in total. The Morgan fingerprint density at radius 2 is 2.05 bits per heavy atom. The summed E-state index contributed by atoms with van der Waals surface area (Å²) < 4.78 is 30.6. The molecular weight excluding hydrogens is 310 g/mol. The molecule has 0 saturated carbocycles. The van der Waals surface area contributed by atoms with Gasteiger partial charge in [-0.15, -0.1) is 11.3 Å². The van der Waals surface area contributed by atoms with Crippen molar-refractivity contribution in [3.8, 4) is 5.75 Å². The highest BCUT2D eigenvalue weighted by Crippen LogP contribution is 2.20. The van der Waals surface area contributed by atoms with Crippen LogP contribution in [0.1, 0.15) is 5.56 Å². The van der Waals surface area contributed by atoms with Crippen LogP contribution in [0, 0.1) is 6.92 Å². The van der Waals surface area contributed by atoms with E-state index in [2.05, 4.69) is 0 Å². The molecule has 0 amide bonds. The minimum Gasteiger partial charge on any atom is -0.426 e. The molecule has 0 aliphatic rings. The number of likely N-dealkylation sites (N-methyl/N-ethyl adjacent to an activating group) is 1. The number of benzene rings is 1. The predicted octanol–water partition coefficient (Wildman–Crippen LogP) is 2.28. The van der Waals surface area contributed by atoms with E-state index in [1.165, 1.54) is 13.1 Å². The lowest BCUT2D eigenvalue weighted by atomic mass is 10.2. The summed E-state index contributed by atoms with van der Waals surface area (Å²) in [6.45, 7) is 1.54. The quantitative estimate of drug-likeness (QED) is 0.625. The van der Waals surface area contributed by atoms with Gasteiger partial charge in [0.25, 0.3) is 10.0 Å². The van der Waals surface area contributed by atoms with Gasteiger partial charge in [0.1, 0.15) is 16.5 Å². The molecule has 0 atom stereocenters. The van der Waals surface area contributed by atoms with Crippen molar-refractivity contribution in [2.75, 3.05) is 13.6 Å². The van der Waals surface area contributed by atoms with E-state index in [-0.39, 0.29) is 10.8 Å². The Labute approximate surface area is 127 Å². The smallest absolute Gasteiger partial charge is 0.326 e. The van der Waals surface area contributed by atoms with E-state index in [1.54, 1.807) is 29.6 Å². The van der Waals surface area contributed by atoms with Crippen LogP contribution >= 0.6 is 11.3 Å². The number of ether oxygens (including phenoxy) is 1. The lowest BCUT2D eigenvalue weighted by Crippen LogP contribution is -2.33. The van der Waals surface area contributed by atoms with Crippen LogP contribution in [0.15, 0.2) is 46.0 Å². The first kappa shape index (κ1) is 15.7. The Morgan fingerprint density at radius 3 is 2.67 bits per heavy atom. The first-order valence-electron chi connectivity index (χ1n) is 6.17. The molecular formula is C14H15NO4S2. The molecule has 5 nitrogen and oxygen atoms in total. The standard InChI is InChI=1S/C14H15NO4S2/c1-11-5-3-6-12(9-11)19-13(16)10-15(2)21(17,18)14-7-4-8-20-14/h3-9H,10H2,1-2H3. The van der Waals surface area contributed by atoms with Crippen molar-refractivity contribution in [2.24, 2.45) is 0 Å². The normalized spacial score (nSPS) is 11.6. The van der Waals surface area contributed by atoms with Crippen molar-refractivity contribution in [2.45, 2.75) is 11.1 Å². The molecule has 112 valence electrons. The Balaban J connectivity index is 2.03. The van der Waals surface area contributed by atoms with Crippen molar-refractivity contribution in [3.05, 3.63) is 47.3 Å². The van der Waals surface area contributed by atoms with Gasteiger partial charge in [0, 0.05) is 7.05 Å². The van der Waals surface area contributed by atoms with Crippen molar-refractivity contribution in [1.29, 1.82) is 0 Å². The van der Waals surface area contributed by atoms with E-state index < -0.39 is 16.0 Å². The van der Waals surface area contributed by atoms with E-state index >= 15 is 0 Å². The summed E-state index contributed by atoms with van der Waals surface area (Å²) >= 11 is 1.11. The van der Waals surface area contributed by atoms with E-state index in [4.69, 9.17) is 4.74 Å². The number of rotatable bonds is 5. The summed E-state index contributed by atoms with van der Waals surface area (Å²) in [5.74, 6) is -0.217. The maximum Gasteiger partial charge on any atom is 0.326 e. The van der Waals surface area contributed by atoms with Crippen LogP contribution in [0.5, 0.6) is 5.75 Å². The summed E-state index contributed by atoms with van der Waals surface area (Å²) in [5, 5.41) is 1.67. The van der Waals surface area contributed by atoms with Crippen LogP contribution in [-0.2, 0) is 14.8 Å². The molecule has 1 heterocycles. The first-order chi connectivity index (χ1) is 9.89. The van der Waals surface area contributed by atoms with E-state index in [1.807, 2.05) is 13.0 Å². The van der Waals surface area contributed by atoms with Crippen LogP contribution in [0.2, 0.25) is 0 Å². The van der Waals surface area contributed by atoms with Crippen molar-refractivity contribution in [1.82, 2.24) is 4.31 Å². The fourth-order valence-corrected chi connectivity index (χ4v) is 3.99. The summed E-state index contributed by atoms with van der Waals surface area (Å²) in [7, 11) is -2.29. The van der Waals surface area contributed by atoms with Crippen molar-refractivity contribution in [3.63, 3.8) is 0 Å². The SMILES string of the molecule is Cc1cccc(OC(=O)CN(C)S(=O)(=O)c2cccs2)c1. The second kappa shape index (κ2) is 6.38. The summed E-state index contributed by atoms with van der Waals surface area (Å²) in [5.41, 5.74) is 0.958. The summed E-state index contributed by atoms with van der Waals surface area (Å²) in [6.07, 6.45) is 0. The lowest BCUT2D eigenvalue weighted by molar-refractivity contribution is -0.134. The highest BCUT2D eigenvalue weighted by Gasteiger charge is 2.24.